The maximum atomic E-state index is 12.9. The Kier molecular flexibility index (Phi) is 4.84. The first-order valence-electron chi connectivity index (χ1n) is 7.51. The third-order valence-corrected chi connectivity index (χ3v) is 3.60. The molecule has 0 fully saturated rings. The second kappa shape index (κ2) is 6.98. The lowest BCUT2D eigenvalue weighted by Gasteiger charge is -2.14. The molecule has 3 rings (SSSR count). The zero-order valence-electron chi connectivity index (χ0n) is 13.6. The van der Waals surface area contributed by atoms with Crippen LogP contribution in [0.2, 0.25) is 0 Å². The number of halogens is 6. The number of hydrogen-bond donors (Lipinski definition) is 1. The summed E-state index contributed by atoms with van der Waals surface area (Å²) in [5.41, 5.74) is -3.25. The largest absolute Gasteiger partial charge is 0.423 e. The summed E-state index contributed by atoms with van der Waals surface area (Å²) in [6.45, 7) is 0. The van der Waals surface area contributed by atoms with E-state index in [4.69, 9.17) is 4.42 Å². The minimum atomic E-state index is -5.04. The van der Waals surface area contributed by atoms with Crippen LogP contribution in [0.4, 0.5) is 32.0 Å². The van der Waals surface area contributed by atoms with Crippen LogP contribution in [-0.2, 0) is 12.4 Å². The smallest absolute Gasteiger partial charge is 0.416 e. The van der Waals surface area contributed by atoms with Gasteiger partial charge >= 0.3 is 12.4 Å². The number of benzene rings is 2. The molecule has 3 aromatic rings. The fourth-order valence-electron chi connectivity index (χ4n) is 2.28. The highest BCUT2D eigenvalue weighted by atomic mass is 19.4. The van der Waals surface area contributed by atoms with E-state index in [1.165, 1.54) is 24.3 Å². The fourth-order valence-corrected chi connectivity index (χ4v) is 2.28. The molecule has 0 bridgehead atoms. The molecule has 0 unspecified atom stereocenters. The first kappa shape index (κ1) is 19.4. The summed E-state index contributed by atoms with van der Waals surface area (Å²) in [5.74, 6) is -0.923. The standard InChI is InChI=1S/C17H9F6N3O2/c18-16(19,20)11-5-10(6-12(7-11)17(21,22)23)14(27)25-13-3-1-9(2-4-13)15-26-24-8-28-15/h1-8H,(H,25,27). The maximum absolute atomic E-state index is 12.9. The van der Waals surface area contributed by atoms with Gasteiger partial charge in [-0.3, -0.25) is 4.79 Å². The zero-order valence-corrected chi connectivity index (χ0v) is 13.6. The molecule has 1 aromatic heterocycles. The first-order chi connectivity index (χ1) is 13.0. The lowest BCUT2D eigenvalue weighted by molar-refractivity contribution is -0.143. The van der Waals surface area contributed by atoms with Gasteiger partial charge in [-0.15, -0.1) is 10.2 Å². The lowest BCUT2D eigenvalue weighted by Crippen LogP contribution is -2.17. The second-order valence-corrected chi connectivity index (χ2v) is 5.57. The number of nitrogens with zero attached hydrogens (tertiary/aromatic N) is 2. The van der Waals surface area contributed by atoms with E-state index in [-0.39, 0.29) is 17.6 Å². The number of carbonyl (C=O) groups is 1. The minimum Gasteiger partial charge on any atom is -0.423 e. The molecule has 0 aliphatic rings. The number of carbonyl (C=O) groups excluding carboxylic acids is 1. The van der Waals surface area contributed by atoms with Crippen LogP contribution in [0.3, 0.4) is 0 Å². The van der Waals surface area contributed by atoms with Gasteiger partial charge in [0.05, 0.1) is 11.1 Å². The first-order valence-corrected chi connectivity index (χ1v) is 7.51. The molecule has 146 valence electrons. The monoisotopic (exact) mass is 401 g/mol. The van der Waals surface area contributed by atoms with E-state index in [9.17, 15) is 31.1 Å². The molecule has 0 aliphatic heterocycles. The van der Waals surface area contributed by atoms with Crippen LogP contribution in [0.1, 0.15) is 21.5 Å². The molecule has 5 nitrogen and oxygen atoms in total. The van der Waals surface area contributed by atoms with E-state index in [1.807, 2.05) is 0 Å². The normalized spacial score (nSPS) is 12.1. The third kappa shape index (κ3) is 4.30. The molecule has 0 saturated carbocycles. The van der Waals surface area contributed by atoms with E-state index in [2.05, 4.69) is 15.5 Å². The Morgan fingerprint density at radius 1 is 0.893 bits per heavy atom. The highest BCUT2D eigenvalue weighted by molar-refractivity contribution is 6.04. The van der Waals surface area contributed by atoms with Crippen molar-refractivity contribution in [1.29, 1.82) is 0 Å². The van der Waals surface area contributed by atoms with E-state index in [1.54, 1.807) is 0 Å². The van der Waals surface area contributed by atoms with Gasteiger partial charge in [0.25, 0.3) is 5.91 Å². The van der Waals surface area contributed by atoms with Crippen molar-refractivity contribution in [3.8, 4) is 11.5 Å². The summed E-state index contributed by atoms with van der Waals surface area (Å²) >= 11 is 0. The highest BCUT2D eigenvalue weighted by Gasteiger charge is 2.37. The van der Waals surface area contributed by atoms with Crippen LogP contribution >= 0.6 is 0 Å². The topological polar surface area (TPSA) is 68.0 Å². The second-order valence-electron chi connectivity index (χ2n) is 5.57. The van der Waals surface area contributed by atoms with Crippen LogP contribution in [0, 0.1) is 0 Å². The lowest BCUT2D eigenvalue weighted by atomic mass is 10.0. The van der Waals surface area contributed by atoms with Crippen LogP contribution in [-0.4, -0.2) is 16.1 Å². The number of hydrogen-bond acceptors (Lipinski definition) is 4. The molecule has 0 spiro atoms. The maximum Gasteiger partial charge on any atom is 0.416 e. The zero-order chi connectivity index (χ0) is 20.5. The van der Waals surface area contributed by atoms with Gasteiger partial charge in [0.15, 0.2) is 0 Å². The predicted molar refractivity (Wildman–Crippen MR) is 84.1 cm³/mol. The Hall–Kier alpha value is -3.37. The molecule has 2 aromatic carbocycles. The van der Waals surface area contributed by atoms with Crippen molar-refractivity contribution in [2.45, 2.75) is 12.4 Å². The number of anilines is 1. The summed E-state index contributed by atoms with van der Waals surface area (Å²) in [6, 6.07) is 6.41. The van der Waals surface area contributed by atoms with E-state index in [0.29, 0.717) is 17.7 Å². The Morgan fingerprint density at radius 2 is 1.46 bits per heavy atom. The summed E-state index contributed by atoms with van der Waals surface area (Å²) < 4.78 is 82.3. The molecule has 28 heavy (non-hydrogen) atoms. The molecular formula is C17H9F6N3O2. The van der Waals surface area contributed by atoms with Crippen molar-refractivity contribution in [1.82, 2.24) is 10.2 Å². The SMILES string of the molecule is O=C(Nc1ccc(-c2nnco2)cc1)c1cc(C(F)(F)F)cc(C(F)(F)F)c1. The van der Waals surface area contributed by atoms with Crippen LogP contribution in [0.25, 0.3) is 11.5 Å². The molecule has 0 aliphatic carbocycles. The number of alkyl halides is 6. The minimum absolute atomic E-state index is 0.0457. The van der Waals surface area contributed by atoms with Crippen LogP contribution in [0.5, 0.6) is 0 Å². The summed E-state index contributed by atoms with van der Waals surface area (Å²) in [4.78, 5) is 12.2. The Labute approximate surface area is 153 Å². The van der Waals surface area contributed by atoms with Crippen LogP contribution < -0.4 is 5.32 Å². The van der Waals surface area contributed by atoms with Crippen LogP contribution in [0.15, 0.2) is 53.3 Å². The Bertz CT molecular complexity index is 947. The molecule has 11 heteroatoms. The van der Waals surface area contributed by atoms with E-state index in [0.717, 1.165) is 6.39 Å². The number of aromatic nitrogens is 2. The van der Waals surface area contributed by atoms with Gasteiger partial charge in [-0.1, -0.05) is 0 Å². The molecule has 0 atom stereocenters. The fraction of sp³-hybridized carbons (Fsp3) is 0.118. The van der Waals surface area contributed by atoms with Crippen molar-refractivity contribution >= 4 is 11.6 Å². The number of amides is 1. The molecule has 1 N–H and O–H groups in total. The average molecular weight is 401 g/mol. The quantitative estimate of drug-likeness (QED) is 0.626. The average Bonchev–Trinajstić information content (AvgIpc) is 3.15. The Morgan fingerprint density at radius 3 is 1.93 bits per heavy atom. The van der Waals surface area contributed by atoms with Gasteiger partial charge in [-0.25, -0.2) is 0 Å². The van der Waals surface area contributed by atoms with Crippen molar-refractivity contribution < 1.29 is 35.6 Å². The molecule has 1 amide bonds. The van der Waals surface area contributed by atoms with E-state index >= 15 is 0 Å². The molecular weight excluding hydrogens is 392 g/mol. The highest BCUT2D eigenvalue weighted by Crippen LogP contribution is 2.36. The van der Waals surface area contributed by atoms with E-state index < -0.39 is 35.0 Å². The molecule has 0 saturated heterocycles. The number of nitrogens with one attached hydrogen (secondary N) is 1. The van der Waals surface area contributed by atoms with Gasteiger partial charge in [0, 0.05) is 16.8 Å². The van der Waals surface area contributed by atoms with Gasteiger partial charge in [-0.2, -0.15) is 26.3 Å². The van der Waals surface area contributed by atoms with Gasteiger partial charge in [0.2, 0.25) is 12.3 Å². The molecule has 1 heterocycles. The van der Waals surface area contributed by atoms with Crippen molar-refractivity contribution in [3.05, 3.63) is 65.5 Å². The van der Waals surface area contributed by atoms with Crippen molar-refractivity contribution in [3.63, 3.8) is 0 Å². The van der Waals surface area contributed by atoms with Crippen molar-refractivity contribution in [2.75, 3.05) is 5.32 Å². The van der Waals surface area contributed by atoms with Gasteiger partial charge < -0.3 is 9.73 Å². The van der Waals surface area contributed by atoms with Crippen molar-refractivity contribution in [2.24, 2.45) is 0 Å². The Balaban J connectivity index is 1.87. The summed E-state index contributed by atoms with van der Waals surface area (Å²) in [6.07, 6.45) is -8.97. The summed E-state index contributed by atoms with van der Waals surface area (Å²) in [7, 11) is 0. The summed E-state index contributed by atoms with van der Waals surface area (Å²) in [5, 5.41) is 9.42. The van der Waals surface area contributed by atoms with Gasteiger partial charge in [0.1, 0.15) is 0 Å². The third-order valence-electron chi connectivity index (χ3n) is 3.60. The van der Waals surface area contributed by atoms with Gasteiger partial charge in [-0.05, 0) is 42.5 Å². The number of rotatable bonds is 3. The molecule has 0 radical (unpaired) electrons. The predicted octanol–water partition coefficient (Wildman–Crippen LogP) is 5.03.